The maximum atomic E-state index is 12.0. The average molecular weight is 309 g/mol. The molecule has 0 radical (unpaired) electrons. The molecule has 0 saturated carbocycles. The molecule has 0 unspecified atom stereocenters. The molecule has 0 bridgehead atoms. The summed E-state index contributed by atoms with van der Waals surface area (Å²) in [6.07, 6.45) is 0. The minimum atomic E-state index is -0.478. The summed E-state index contributed by atoms with van der Waals surface area (Å²) in [6, 6.07) is 15.4. The molecule has 1 N–H and O–H groups in total. The van der Waals surface area contributed by atoms with Crippen LogP contribution in [0.3, 0.4) is 0 Å². The second-order valence-corrected chi connectivity index (χ2v) is 5.01. The van der Waals surface area contributed by atoms with Gasteiger partial charge in [-0.3, -0.25) is 0 Å². The molecule has 5 nitrogen and oxygen atoms in total. The van der Waals surface area contributed by atoms with E-state index in [9.17, 15) is 9.90 Å². The Morgan fingerprint density at radius 2 is 1.83 bits per heavy atom. The highest BCUT2D eigenvalue weighted by atomic mass is 16.5. The van der Waals surface area contributed by atoms with Crippen molar-refractivity contribution >= 4 is 5.97 Å². The summed E-state index contributed by atoms with van der Waals surface area (Å²) in [5.41, 5.74) is 1.81. The van der Waals surface area contributed by atoms with Crippen LogP contribution < -0.4 is 0 Å². The molecule has 0 amide bonds. The smallest absolute Gasteiger partial charge is 0.338 e. The number of aromatic hydroxyl groups is 1. The third kappa shape index (κ3) is 3.40. The lowest BCUT2D eigenvalue weighted by Crippen LogP contribution is -2.05. The maximum absolute atomic E-state index is 12.0. The van der Waals surface area contributed by atoms with E-state index in [2.05, 4.69) is 4.98 Å². The number of nitrogens with zero attached hydrogens (tertiary/aromatic N) is 1. The Labute approximate surface area is 133 Å². The standard InChI is InChI=1S/C18H15NO4/c1-12-16(19-17(23-12)13-5-3-2-4-6-13)11-22-18(21)14-7-9-15(20)10-8-14/h2-10,20H,11H2,1H3. The van der Waals surface area contributed by atoms with Gasteiger partial charge >= 0.3 is 5.97 Å². The van der Waals surface area contributed by atoms with Crippen LogP contribution >= 0.6 is 0 Å². The number of carbonyl (C=O) groups is 1. The molecule has 3 aromatic rings. The van der Waals surface area contributed by atoms with Crippen molar-refractivity contribution < 1.29 is 19.1 Å². The number of aromatic nitrogens is 1. The second kappa shape index (κ2) is 6.36. The summed E-state index contributed by atoms with van der Waals surface area (Å²) in [5, 5.41) is 9.22. The van der Waals surface area contributed by atoms with Crippen LogP contribution in [0.25, 0.3) is 11.5 Å². The number of phenolic OH excluding ortho intramolecular Hbond substituents is 1. The van der Waals surface area contributed by atoms with E-state index in [1.54, 1.807) is 6.92 Å². The molecule has 0 atom stereocenters. The predicted molar refractivity (Wildman–Crippen MR) is 83.9 cm³/mol. The molecule has 2 aromatic carbocycles. The number of benzene rings is 2. The monoisotopic (exact) mass is 309 g/mol. The van der Waals surface area contributed by atoms with Gasteiger partial charge in [0.15, 0.2) is 0 Å². The number of rotatable bonds is 4. The summed E-state index contributed by atoms with van der Waals surface area (Å²) >= 11 is 0. The number of esters is 1. The minimum absolute atomic E-state index is 0.0296. The summed E-state index contributed by atoms with van der Waals surface area (Å²) < 4.78 is 10.9. The van der Waals surface area contributed by atoms with Crippen molar-refractivity contribution in [3.8, 4) is 17.2 Å². The van der Waals surface area contributed by atoms with E-state index >= 15 is 0 Å². The van der Waals surface area contributed by atoms with E-state index in [1.165, 1.54) is 24.3 Å². The quantitative estimate of drug-likeness (QED) is 0.744. The molecule has 0 aliphatic rings. The topological polar surface area (TPSA) is 72.6 Å². The van der Waals surface area contributed by atoms with Gasteiger partial charge in [-0.05, 0) is 43.3 Å². The number of aryl methyl sites for hydroxylation is 1. The molecule has 0 aliphatic heterocycles. The number of carbonyl (C=O) groups excluding carboxylic acids is 1. The first-order chi connectivity index (χ1) is 11.1. The molecule has 3 rings (SSSR count). The average Bonchev–Trinajstić information content (AvgIpc) is 2.95. The van der Waals surface area contributed by atoms with Crippen LogP contribution in [0.2, 0.25) is 0 Å². The van der Waals surface area contributed by atoms with Crippen molar-refractivity contribution in [3.05, 3.63) is 71.6 Å². The van der Waals surface area contributed by atoms with Gasteiger partial charge in [0.25, 0.3) is 0 Å². The van der Waals surface area contributed by atoms with E-state index in [4.69, 9.17) is 9.15 Å². The first-order valence-corrected chi connectivity index (χ1v) is 7.11. The van der Waals surface area contributed by atoms with E-state index in [1.807, 2.05) is 30.3 Å². The zero-order valence-electron chi connectivity index (χ0n) is 12.5. The minimum Gasteiger partial charge on any atom is -0.508 e. The maximum Gasteiger partial charge on any atom is 0.338 e. The highest BCUT2D eigenvalue weighted by molar-refractivity contribution is 5.89. The molecular weight excluding hydrogens is 294 g/mol. The van der Waals surface area contributed by atoms with Gasteiger partial charge in [-0.15, -0.1) is 0 Å². The van der Waals surface area contributed by atoms with Crippen molar-refractivity contribution in [3.63, 3.8) is 0 Å². The number of hydrogen-bond acceptors (Lipinski definition) is 5. The van der Waals surface area contributed by atoms with E-state index in [0.29, 0.717) is 22.9 Å². The first kappa shape index (κ1) is 14.8. The van der Waals surface area contributed by atoms with Gasteiger partial charge < -0.3 is 14.3 Å². The van der Waals surface area contributed by atoms with E-state index < -0.39 is 5.97 Å². The number of hydrogen-bond donors (Lipinski definition) is 1. The van der Waals surface area contributed by atoms with Crippen molar-refractivity contribution in [2.75, 3.05) is 0 Å². The normalized spacial score (nSPS) is 10.5. The number of phenols is 1. The van der Waals surface area contributed by atoms with Crippen molar-refractivity contribution in [1.29, 1.82) is 0 Å². The fourth-order valence-electron chi connectivity index (χ4n) is 2.08. The fraction of sp³-hybridized carbons (Fsp3) is 0.111. The largest absolute Gasteiger partial charge is 0.508 e. The molecule has 0 fully saturated rings. The third-order valence-electron chi connectivity index (χ3n) is 3.36. The summed E-state index contributed by atoms with van der Waals surface area (Å²) in [4.78, 5) is 16.3. The van der Waals surface area contributed by atoms with Crippen LogP contribution in [0.4, 0.5) is 0 Å². The Hall–Kier alpha value is -3.08. The Morgan fingerprint density at radius 1 is 1.13 bits per heavy atom. The van der Waals surface area contributed by atoms with Gasteiger partial charge in [-0.2, -0.15) is 0 Å². The van der Waals surface area contributed by atoms with E-state index in [0.717, 1.165) is 5.56 Å². The molecule has 5 heteroatoms. The number of ether oxygens (including phenoxy) is 1. The lowest BCUT2D eigenvalue weighted by molar-refractivity contribution is 0.0467. The van der Waals surface area contributed by atoms with Crippen molar-refractivity contribution in [2.45, 2.75) is 13.5 Å². The van der Waals surface area contributed by atoms with Gasteiger partial charge in [-0.25, -0.2) is 9.78 Å². The fourth-order valence-corrected chi connectivity index (χ4v) is 2.08. The molecular formula is C18H15NO4. The van der Waals surface area contributed by atoms with Crippen LogP contribution in [-0.4, -0.2) is 16.1 Å². The Kier molecular flexibility index (Phi) is 4.10. The zero-order chi connectivity index (χ0) is 16.2. The van der Waals surface area contributed by atoms with Gasteiger partial charge in [0.05, 0.1) is 5.56 Å². The zero-order valence-corrected chi connectivity index (χ0v) is 12.5. The number of oxazole rings is 1. The molecule has 0 saturated heterocycles. The summed E-state index contributed by atoms with van der Waals surface area (Å²) in [6.45, 7) is 1.81. The van der Waals surface area contributed by atoms with Crippen molar-refractivity contribution in [2.24, 2.45) is 0 Å². The second-order valence-electron chi connectivity index (χ2n) is 5.01. The van der Waals surface area contributed by atoms with Crippen LogP contribution in [-0.2, 0) is 11.3 Å². The molecule has 1 heterocycles. The summed E-state index contributed by atoms with van der Waals surface area (Å²) in [7, 11) is 0. The Bertz CT molecular complexity index is 807. The Balaban J connectivity index is 1.70. The molecule has 0 aliphatic carbocycles. The van der Waals surface area contributed by atoms with Crippen molar-refractivity contribution in [1.82, 2.24) is 4.98 Å². The molecule has 23 heavy (non-hydrogen) atoms. The third-order valence-corrected chi connectivity index (χ3v) is 3.36. The molecule has 116 valence electrons. The van der Waals surface area contributed by atoms with Gasteiger partial charge in [0.1, 0.15) is 23.8 Å². The predicted octanol–water partition coefficient (Wildman–Crippen LogP) is 3.71. The molecule has 1 aromatic heterocycles. The van der Waals surface area contributed by atoms with Gasteiger partial charge in [-0.1, -0.05) is 18.2 Å². The van der Waals surface area contributed by atoms with Crippen LogP contribution in [0.1, 0.15) is 21.8 Å². The van der Waals surface area contributed by atoms with Crippen LogP contribution in [0.5, 0.6) is 5.75 Å². The van der Waals surface area contributed by atoms with Gasteiger partial charge in [0, 0.05) is 5.56 Å². The Morgan fingerprint density at radius 3 is 2.52 bits per heavy atom. The lowest BCUT2D eigenvalue weighted by atomic mass is 10.2. The SMILES string of the molecule is Cc1oc(-c2ccccc2)nc1COC(=O)c1ccc(O)cc1. The lowest BCUT2D eigenvalue weighted by Gasteiger charge is -2.03. The molecule has 0 spiro atoms. The first-order valence-electron chi connectivity index (χ1n) is 7.11. The summed E-state index contributed by atoms with van der Waals surface area (Å²) in [5.74, 6) is 0.733. The highest BCUT2D eigenvalue weighted by Gasteiger charge is 2.14. The van der Waals surface area contributed by atoms with Gasteiger partial charge in [0.2, 0.25) is 5.89 Å². The van der Waals surface area contributed by atoms with Crippen LogP contribution in [0.15, 0.2) is 59.0 Å². The highest BCUT2D eigenvalue weighted by Crippen LogP contribution is 2.22. The van der Waals surface area contributed by atoms with E-state index in [-0.39, 0.29) is 12.4 Å². The van der Waals surface area contributed by atoms with Crippen LogP contribution in [0, 0.1) is 6.92 Å².